The van der Waals surface area contributed by atoms with Gasteiger partial charge in [0.05, 0.1) is 10.3 Å². The van der Waals surface area contributed by atoms with Gasteiger partial charge in [-0.25, -0.2) is 12.8 Å². The molecule has 156 valence electrons. The summed E-state index contributed by atoms with van der Waals surface area (Å²) in [7, 11) is -3.68. The van der Waals surface area contributed by atoms with Gasteiger partial charge in [-0.3, -0.25) is 4.79 Å². The third-order valence-corrected chi connectivity index (χ3v) is 7.52. The van der Waals surface area contributed by atoms with E-state index >= 15 is 0 Å². The number of aryl methyl sites for hydroxylation is 2. The highest BCUT2D eigenvalue weighted by molar-refractivity contribution is 7.89. The summed E-state index contributed by atoms with van der Waals surface area (Å²) in [6, 6.07) is 11.3. The Balaban J connectivity index is 1.75. The number of benzene rings is 2. The molecule has 1 amide bonds. The van der Waals surface area contributed by atoms with Crippen molar-refractivity contribution in [3.63, 3.8) is 0 Å². The van der Waals surface area contributed by atoms with Crippen LogP contribution in [-0.2, 0) is 21.4 Å². The number of hydrogen-bond acceptors (Lipinski definition) is 3. The average molecular weight is 419 g/mol. The molecular formula is C22H27FN2O3S. The Kier molecular flexibility index (Phi) is 6.10. The molecule has 7 heteroatoms. The lowest BCUT2D eigenvalue weighted by Gasteiger charge is -2.38. The summed E-state index contributed by atoms with van der Waals surface area (Å²) in [5.74, 6) is -0.519. The minimum Gasteiger partial charge on any atom is -0.352 e. The maximum atomic E-state index is 13.2. The van der Waals surface area contributed by atoms with Crippen molar-refractivity contribution in [2.24, 2.45) is 5.41 Å². The first-order chi connectivity index (χ1) is 13.6. The van der Waals surface area contributed by atoms with Gasteiger partial charge in [-0.05, 0) is 68.5 Å². The van der Waals surface area contributed by atoms with E-state index in [0.29, 0.717) is 29.8 Å². The molecule has 0 saturated carbocycles. The van der Waals surface area contributed by atoms with Crippen molar-refractivity contribution in [2.45, 2.75) is 45.1 Å². The molecule has 0 unspecified atom stereocenters. The zero-order valence-electron chi connectivity index (χ0n) is 17.0. The largest absolute Gasteiger partial charge is 0.352 e. The van der Waals surface area contributed by atoms with Crippen LogP contribution in [0.1, 0.15) is 36.5 Å². The number of carbonyl (C=O) groups excluding carboxylic acids is 1. The molecule has 1 saturated heterocycles. The highest BCUT2D eigenvalue weighted by Gasteiger charge is 2.42. The van der Waals surface area contributed by atoms with Gasteiger partial charge < -0.3 is 5.32 Å². The molecule has 2 aromatic carbocycles. The molecular weight excluding hydrogens is 391 g/mol. The summed E-state index contributed by atoms with van der Waals surface area (Å²) in [6.45, 7) is 6.26. The van der Waals surface area contributed by atoms with Crippen LogP contribution in [0.5, 0.6) is 0 Å². The Morgan fingerprint density at radius 1 is 1.17 bits per heavy atom. The summed E-state index contributed by atoms with van der Waals surface area (Å²) >= 11 is 0. The minimum atomic E-state index is -3.68. The number of carbonyl (C=O) groups is 1. The quantitative estimate of drug-likeness (QED) is 0.808. The van der Waals surface area contributed by atoms with Gasteiger partial charge in [0.25, 0.3) is 0 Å². The SMILES string of the molecule is Cc1ccc(C)c(S(=O)(=O)N2CCC[C@](C)(C(=O)NCc3ccc(F)cc3)C2)c1. The third-order valence-electron chi connectivity index (χ3n) is 5.54. The molecule has 1 atom stereocenters. The van der Waals surface area contributed by atoms with Crippen LogP contribution in [0, 0.1) is 25.1 Å². The van der Waals surface area contributed by atoms with Crippen LogP contribution < -0.4 is 5.32 Å². The average Bonchev–Trinajstić information content (AvgIpc) is 2.69. The normalized spacial score (nSPS) is 20.4. The first-order valence-corrected chi connectivity index (χ1v) is 11.2. The number of rotatable bonds is 5. The number of hydrogen-bond donors (Lipinski definition) is 1. The number of nitrogens with one attached hydrogen (secondary N) is 1. The molecule has 0 bridgehead atoms. The lowest BCUT2D eigenvalue weighted by atomic mass is 9.82. The molecule has 2 aromatic rings. The molecule has 1 heterocycles. The van der Waals surface area contributed by atoms with Crippen LogP contribution >= 0.6 is 0 Å². The number of sulfonamides is 1. The van der Waals surface area contributed by atoms with Gasteiger partial charge in [0.15, 0.2) is 0 Å². The second-order valence-corrected chi connectivity index (χ2v) is 9.99. The molecule has 3 rings (SSSR count). The van der Waals surface area contributed by atoms with Crippen molar-refractivity contribution in [1.29, 1.82) is 0 Å². The van der Waals surface area contributed by atoms with Crippen LogP contribution in [0.4, 0.5) is 4.39 Å². The fourth-order valence-electron chi connectivity index (χ4n) is 3.71. The van der Waals surface area contributed by atoms with Gasteiger partial charge in [0, 0.05) is 19.6 Å². The second kappa shape index (κ2) is 8.24. The minimum absolute atomic E-state index is 0.137. The predicted octanol–water partition coefficient (Wildman–Crippen LogP) is 3.55. The molecule has 1 aliphatic rings. The summed E-state index contributed by atoms with van der Waals surface area (Å²) < 4.78 is 40.9. The van der Waals surface area contributed by atoms with Crippen molar-refractivity contribution in [2.75, 3.05) is 13.1 Å². The van der Waals surface area contributed by atoms with E-state index in [1.54, 1.807) is 38.1 Å². The number of piperidine rings is 1. The van der Waals surface area contributed by atoms with Gasteiger partial charge in [-0.2, -0.15) is 4.31 Å². The topological polar surface area (TPSA) is 66.5 Å². The Labute approximate surface area is 172 Å². The Morgan fingerprint density at radius 3 is 2.55 bits per heavy atom. The van der Waals surface area contributed by atoms with Gasteiger partial charge in [0.1, 0.15) is 5.82 Å². The first-order valence-electron chi connectivity index (χ1n) is 9.72. The lowest BCUT2D eigenvalue weighted by Crippen LogP contribution is -2.51. The molecule has 0 aliphatic carbocycles. The maximum absolute atomic E-state index is 13.2. The van der Waals surface area contributed by atoms with Gasteiger partial charge in [-0.15, -0.1) is 0 Å². The summed E-state index contributed by atoms with van der Waals surface area (Å²) in [5.41, 5.74) is 1.55. The van der Waals surface area contributed by atoms with Crippen molar-refractivity contribution in [3.8, 4) is 0 Å². The number of nitrogens with zero attached hydrogens (tertiary/aromatic N) is 1. The summed E-state index contributed by atoms with van der Waals surface area (Å²) in [4.78, 5) is 13.2. The van der Waals surface area contributed by atoms with E-state index in [9.17, 15) is 17.6 Å². The molecule has 0 spiro atoms. The Hall–Kier alpha value is -2.25. The molecule has 0 radical (unpaired) electrons. The van der Waals surface area contributed by atoms with Crippen molar-refractivity contribution < 1.29 is 17.6 Å². The van der Waals surface area contributed by atoms with Gasteiger partial charge in [0.2, 0.25) is 15.9 Å². The van der Waals surface area contributed by atoms with Crippen LogP contribution in [0.2, 0.25) is 0 Å². The van der Waals surface area contributed by atoms with Crippen LogP contribution in [0.15, 0.2) is 47.4 Å². The fourth-order valence-corrected chi connectivity index (χ4v) is 5.62. The van der Waals surface area contributed by atoms with Crippen LogP contribution in [0.25, 0.3) is 0 Å². The van der Waals surface area contributed by atoms with Crippen LogP contribution in [-0.4, -0.2) is 31.7 Å². The smallest absolute Gasteiger partial charge is 0.243 e. The van der Waals surface area contributed by atoms with Crippen molar-refractivity contribution in [3.05, 3.63) is 65.0 Å². The second-order valence-electron chi connectivity index (χ2n) is 8.08. The Morgan fingerprint density at radius 2 is 1.86 bits per heavy atom. The molecule has 5 nitrogen and oxygen atoms in total. The van der Waals surface area contributed by atoms with Gasteiger partial charge >= 0.3 is 0 Å². The predicted molar refractivity (Wildman–Crippen MR) is 110 cm³/mol. The molecule has 1 aliphatic heterocycles. The van der Waals surface area contributed by atoms with Crippen molar-refractivity contribution >= 4 is 15.9 Å². The van der Waals surface area contributed by atoms with E-state index in [2.05, 4.69) is 5.32 Å². The van der Waals surface area contributed by atoms with Crippen LogP contribution in [0.3, 0.4) is 0 Å². The van der Waals surface area contributed by atoms with Crippen molar-refractivity contribution in [1.82, 2.24) is 9.62 Å². The monoisotopic (exact) mass is 418 g/mol. The van der Waals surface area contributed by atoms with Gasteiger partial charge in [-0.1, -0.05) is 24.3 Å². The first kappa shape index (κ1) is 21.5. The maximum Gasteiger partial charge on any atom is 0.243 e. The molecule has 1 fully saturated rings. The van der Waals surface area contributed by atoms with E-state index in [1.807, 2.05) is 13.0 Å². The highest BCUT2D eigenvalue weighted by Crippen LogP contribution is 2.33. The zero-order chi connectivity index (χ0) is 21.2. The molecule has 0 aromatic heterocycles. The molecule has 1 N–H and O–H groups in total. The number of halogens is 1. The molecule has 29 heavy (non-hydrogen) atoms. The third kappa shape index (κ3) is 4.67. The van der Waals surface area contributed by atoms with E-state index in [1.165, 1.54) is 16.4 Å². The lowest BCUT2D eigenvalue weighted by molar-refractivity contribution is -0.132. The summed E-state index contributed by atoms with van der Waals surface area (Å²) in [6.07, 6.45) is 1.23. The zero-order valence-corrected chi connectivity index (χ0v) is 17.9. The number of amides is 1. The summed E-state index contributed by atoms with van der Waals surface area (Å²) in [5, 5.41) is 2.88. The standard InChI is InChI=1S/C22H27FN2O3S/c1-16-5-6-17(2)20(13-16)29(27,28)25-12-4-11-22(3,15-25)21(26)24-14-18-7-9-19(23)10-8-18/h5-10,13H,4,11-12,14-15H2,1-3H3,(H,24,26)/t22-/m0/s1. The highest BCUT2D eigenvalue weighted by atomic mass is 32.2. The van der Waals surface area contributed by atoms with E-state index in [4.69, 9.17) is 0 Å². The fraction of sp³-hybridized carbons (Fsp3) is 0.409. The van der Waals surface area contributed by atoms with E-state index in [-0.39, 0.29) is 24.8 Å². The Bertz CT molecular complexity index is 1010. The van der Waals surface area contributed by atoms with E-state index in [0.717, 1.165) is 11.1 Å². The van der Waals surface area contributed by atoms with E-state index < -0.39 is 15.4 Å².